The highest BCUT2D eigenvalue weighted by molar-refractivity contribution is 6.29. The van der Waals surface area contributed by atoms with E-state index in [1.807, 2.05) is 4.90 Å². The summed E-state index contributed by atoms with van der Waals surface area (Å²) in [6, 6.07) is 0. The predicted molar refractivity (Wildman–Crippen MR) is 126 cm³/mol. The van der Waals surface area contributed by atoms with Gasteiger partial charge in [0.2, 0.25) is 11.9 Å². The van der Waals surface area contributed by atoms with Crippen molar-refractivity contribution in [2.45, 2.75) is 25.6 Å². The van der Waals surface area contributed by atoms with E-state index in [0.29, 0.717) is 37.2 Å². The van der Waals surface area contributed by atoms with Crippen LogP contribution in [0, 0.1) is 0 Å². The molecule has 0 unspecified atom stereocenters. The number of rotatable bonds is 10. The highest BCUT2D eigenvalue weighted by atomic mass is 35.5. The fourth-order valence-electron chi connectivity index (χ4n) is 3.27. The topological polar surface area (TPSA) is 122 Å². The van der Waals surface area contributed by atoms with Crippen molar-refractivity contribution in [3.05, 3.63) is 33.3 Å². The number of hydrogen-bond acceptors (Lipinski definition) is 7. The summed E-state index contributed by atoms with van der Waals surface area (Å²) in [5.41, 5.74) is -2.90. The van der Waals surface area contributed by atoms with E-state index in [1.54, 1.807) is 16.9 Å². The van der Waals surface area contributed by atoms with Gasteiger partial charge in [-0.15, -0.1) is 0 Å². The van der Waals surface area contributed by atoms with Gasteiger partial charge in [0.25, 0.3) is 5.56 Å². The molecule has 200 valence electrons. The lowest BCUT2D eigenvalue weighted by molar-refractivity contribution is -0.141. The van der Waals surface area contributed by atoms with Crippen LogP contribution in [0.1, 0.15) is 18.9 Å². The van der Waals surface area contributed by atoms with Gasteiger partial charge < -0.3 is 24.0 Å². The van der Waals surface area contributed by atoms with Crippen LogP contribution in [-0.4, -0.2) is 97.8 Å². The van der Waals surface area contributed by atoms with E-state index >= 15 is 0 Å². The van der Waals surface area contributed by atoms with E-state index in [9.17, 15) is 22.8 Å². The molecule has 0 saturated carbocycles. The standard InChI is InChI=1S/C21H28ClF3N6O5/c1-14(22)10-27-20(26-2)31-7-5-30(6-8-31)17(32)4-9-35-15(12-34-3)13-36-16-11-28-29-19(33)18(16)21(23,24)25/h10-11,15H,2,4-9,12-13H2,1,3H3,(H,29,33)/b14-10+,27-20?/t15-/m1/s1. The van der Waals surface area contributed by atoms with Gasteiger partial charge in [0.1, 0.15) is 12.7 Å². The van der Waals surface area contributed by atoms with Crippen molar-refractivity contribution >= 4 is 30.2 Å². The maximum absolute atomic E-state index is 13.2. The Bertz CT molecular complexity index is 1000. The summed E-state index contributed by atoms with van der Waals surface area (Å²) >= 11 is 5.79. The monoisotopic (exact) mass is 536 g/mol. The molecule has 36 heavy (non-hydrogen) atoms. The molecule has 15 heteroatoms. The Morgan fingerprint density at radius 1 is 1.31 bits per heavy atom. The molecule has 1 fully saturated rings. The summed E-state index contributed by atoms with van der Waals surface area (Å²) in [6.07, 6.45) is -3.42. The lowest BCUT2D eigenvalue weighted by Crippen LogP contribution is -2.50. The Balaban J connectivity index is 1.85. The number of carbonyl (C=O) groups excluding carboxylic acids is 1. The lowest BCUT2D eigenvalue weighted by Gasteiger charge is -2.35. The highest BCUT2D eigenvalue weighted by Gasteiger charge is 2.38. The van der Waals surface area contributed by atoms with Gasteiger partial charge in [0.15, 0.2) is 11.3 Å². The van der Waals surface area contributed by atoms with Gasteiger partial charge >= 0.3 is 6.18 Å². The Kier molecular flexibility index (Phi) is 11.3. The summed E-state index contributed by atoms with van der Waals surface area (Å²) in [6.45, 7) is 6.74. The average molecular weight is 537 g/mol. The van der Waals surface area contributed by atoms with E-state index < -0.39 is 29.2 Å². The Morgan fingerprint density at radius 2 is 1.97 bits per heavy atom. The number of nitrogens with zero attached hydrogens (tertiary/aromatic N) is 5. The van der Waals surface area contributed by atoms with Crippen molar-refractivity contribution in [1.29, 1.82) is 0 Å². The van der Waals surface area contributed by atoms with Gasteiger partial charge in [0, 0.05) is 44.5 Å². The number of hydrogen-bond donors (Lipinski definition) is 1. The van der Waals surface area contributed by atoms with Crippen LogP contribution >= 0.6 is 11.6 Å². The van der Waals surface area contributed by atoms with Crippen LogP contribution < -0.4 is 10.3 Å². The number of halogens is 4. The van der Waals surface area contributed by atoms with Crippen molar-refractivity contribution in [3.8, 4) is 5.75 Å². The molecule has 1 aliphatic rings. The van der Waals surface area contributed by atoms with Gasteiger partial charge in [-0.2, -0.15) is 18.3 Å². The molecular weight excluding hydrogens is 509 g/mol. The first-order chi connectivity index (χ1) is 17.1. The Morgan fingerprint density at radius 3 is 2.56 bits per heavy atom. The molecule has 1 amide bonds. The second kappa shape index (κ2) is 13.9. The third-order valence-corrected chi connectivity index (χ3v) is 5.06. The number of aliphatic imine (C=N–C) groups is 2. The Labute approximate surface area is 210 Å². The number of methoxy groups -OCH3 is 1. The second-order valence-corrected chi connectivity index (χ2v) is 8.21. The van der Waals surface area contributed by atoms with Crippen molar-refractivity contribution < 1.29 is 32.2 Å². The van der Waals surface area contributed by atoms with E-state index in [1.165, 1.54) is 13.3 Å². The van der Waals surface area contributed by atoms with E-state index in [-0.39, 0.29) is 32.1 Å². The number of H-pyrrole nitrogens is 1. The minimum absolute atomic E-state index is 0.00226. The summed E-state index contributed by atoms with van der Waals surface area (Å²) in [4.78, 5) is 35.7. The normalized spacial score (nSPS) is 16.2. The minimum atomic E-state index is -4.92. The van der Waals surface area contributed by atoms with Gasteiger partial charge in [-0.25, -0.2) is 15.1 Å². The number of nitrogens with one attached hydrogen (secondary N) is 1. The number of ether oxygens (including phenoxy) is 3. The van der Waals surface area contributed by atoms with E-state index in [2.05, 4.69) is 21.8 Å². The molecule has 1 atom stereocenters. The third-order valence-electron chi connectivity index (χ3n) is 4.97. The molecule has 2 heterocycles. The number of aromatic amines is 1. The highest BCUT2D eigenvalue weighted by Crippen LogP contribution is 2.32. The minimum Gasteiger partial charge on any atom is -0.488 e. The van der Waals surface area contributed by atoms with Crippen molar-refractivity contribution in [3.63, 3.8) is 0 Å². The van der Waals surface area contributed by atoms with Crippen LogP contribution in [0.15, 0.2) is 32.2 Å². The van der Waals surface area contributed by atoms with E-state index in [0.717, 1.165) is 6.20 Å². The molecule has 1 aliphatic heterocycles. The zero-order valence-corrected chi connectivity index (χ0v) is 20.6. The fraction of sp³-hybridized carbons (Fsp3) is 0.571. The van der Waals surface area contributed by atoms with Crippen LogP contribution in [0.25, 0.3) is 0 Å². The average Bonchev–Trinajstić information content (AvgIpc) is 2.82. The lowest BCUT2D eigenvalue weighted by atomic mass is 10.2. The molecule has 0 aromatic carbocycles. The fourth-order valence-corrected chi connectivity index (χ4v) is 3.32. The quantitative estimate of drug-likeness (QED) is 0.358. The molecule has 0 spiro atoms. The zero-order chi connectivity index (χ0) is 26.7. The third kappa shape index (κ3) is 8.91. The van der Waals surface area contributed by atoms with Gasteiger partial charge in [-0.3, -0.25) is 9.59 Å². The molecule has 0 bridgehead atoms. The molecule has 1 aromatic heterocycles. The second-order valence-electron chi connectivity index (χ2n) is 7.62. The van der Waals surface area contributed by atoms with Gasteiger partial charge in [0.05, 0.1) is 25.8 Å². The largest absolute Gasteiger partial charge is 0.488 e. The molecule has 1 saturated heterocycles. The number of allylic oxidation sites excluding steroid dienone is 1. The molecule has 0 aliphatic carbocycles. The van der Waals surface area contributed by atoms with E-state index in [4.69, 9.17) is 25.8 Å². The van der Waals surface area contributed by atoms with Crippen LogP contribution in [-0.2, 0) is 20.4 Å². The van der Waals surface area contributed by atoms with Gasteiger partial charge in [-0.1, -0.05) is 11.6 Å². The number of amides is 1. The van der Waals surface area contributed by atoms with Gasteiger partial charge in [-0.05, 0) is 13.6 Å². The molecule has 1 N–H and O–H groups in total. The smallest absolute Gasteiger partial charge is 0.425 e. The van der Waals surface area contributed by atoms with Crippen LogP contribution in [0.3, 0.4) is 0 Å². The number of guanidine groups is 1. The van der Waals surface area contributed by atoms with Crippen molar-refractivity contribution in [1.82, 2.24) is 20.0 Å². The maximum atomic E-state index is 13.2. The summed E-state index contributed by atoms with van der Waals surface area (Å²) in [7, 11) is 1.39. The molecule has 2 rings (SSSR count). The van der Waals surface area contributed by atoms with Crippen LogP contribution in [0.4, 0.5) is 13.2 Å². The summed E-state index contributed by atoms with van der Waals surface area (Å²) in [5, 5.41) is 5.57. The SMILES string of the molecule is C=NC(=N/C=C(\C)Cl)N1CCN(C(=O)CCO[C@H](COC)COc2cn[nH]c(=O)c2C(F)(F)F)CC1. The molecule has 1 aromatic rings. The summed E-state index contributed by atoms with van der Waals surface area (Å²) < 4.78 is 55.3. The number of piperazine rings is 1. The van der Waals surface area contributed by atoms with Crippen molar-refractivity contribution in [2.24, 2.45) is 9.98 Å². The molecule has 11 nitrogen and oxygen atoms in total. The summed E-state index contributed by atoms with van der Waals surface area (Å²) in [5.74, 6) is -0.456. The molecule has 0 radical (unpaired) electrons. The first-order valence-electron chi connectivity index (χ1n) is 10.8. The maximum Gasteiger partial charge on any atom is 0.425 e. The Hall–Kier alpha value is -2.97. The molecular formula is C21H28ClF3N6O5. The number of alkyl halides is 3. The van der Waals surface area contributed by atoms with Crippen LogP contribution in [0.2, 0.25) is 0 Å². The number of aromatic nitrogens is 2. The first kappa shape index (κ1) is 29.3. The first-order valence-corrected chi connectivity index (χ1v) is 11.2. The predicted octanol–water partition coefficient (Wildman–Crippen LogP) is 1.89. The van der Waals surface area contributed by atoms with Crippen LogP contribution in [0.5, 0.6) is 5.75 Å². The number of carbonyl (C=O) groups is 1. The zero-order valence-electron chi connectivity index (χ0n) is 19.9. The van der Waals surface area contributed by atoms with Crippen molar-refractivity contribution in [2.75, 3.05) is 53.1 Å².